The van der Waals surface area contributed by atoms with Crippen molar-refractivity contribution in [2.24, 2.45) is 34.2 Å². The van der Waals surface area contributed by atoms with Gasteiger partial charge in [0.2, 0.25) is 0 Å². The molecule has 5 rings (SSSR count). The lowest BCUT2D eigenvalue weighted by Gasteiger charge is -2.18. The molecule has 3 fully saturated rings. The molecule has 2 bridgehead atoms. The Hall–Kier alpha value is -2.15. The molecule has 1 aliphatic heterocycles. The molecule has 27 heavy (non-hydrogen) atoms. The highest BCUT2D eigenvalue weighted by atomic mass is 79.9. The predicted molar refractivity (Wildman–Crippen MR) is 101 cm³/mol. The lowest BCUT2D eigenvalue weighted by molar-refractivity contribution is -0.141. The van der Waals surface area contributed by atoms with E-state index in [0.29, 0.717) is 17.1 Å². The van der Waals surface area contributed by atoms with Gasteiger partial charge in [-0.15, -0.1) is 0 Å². The minimum absolute atomic E-state index is 0.170. The van der Waals surface area contributed by atoms with Crippen LogP contribution in [0.1, 0.15) is 18.4 Å². The van der Waals surface area contributed by atoms with E-state index in [1.165, 1.54) is 6.21 Å². The molecule has 0 aromatic heterocycles. The van der Waals surface area contributed by atoms with Crippen LogP contribution in [-0.2, 0) is 9.59 Å². The maximum absolute atomic E-state index is 12.9. The number of rotatable bonds is 4. The summed E-state index contributed by atoms with van der Waals surface area (Å²) in [5, 5.41) is 5.31. The zero-order chi connectivity index (χ0) is 18.9. The van der Waals surface area contributed by atoms with Gasteiger partial charge in [-0.25, -0.2) is 0 Å². The van der Waals surface area contributed by atoms with E-state index < -0.39 is 0 Å². The third-order valence-corrected chi connectivity index (χ3v) is 7.27. The SMILES string of the molecule is COc1cc(OC)c(/C=N\N2C(=O)[C@@H]3[C@H](C2=O)[C@@H]2C=C[C@H]3C23CC3)cc1Br. The number of imide groups is 1. The van der Waals surface area contributed by atoms with Crippen molar-refractivity contribution < 1.29 is 19.1 Å². The summed E-state index contributed by atoms with van der Waals surface area (Å²) in [6, 6.07) is 3.52. The standard InChI is InChI=1S/C20H19BrN2O4/c1-26-14-8-15(27-2)13(21)7-10(14)9-22-23-18(24)16-11-3-4-12(17(16)19(23)25)20(11)5-6-20/h3-4,7-9,11-12,16-17H,5-6H2,1-2H3/b22-9-/t11-,12+,16+,17-. The molecule has 4 atom stereocenters. The lowest BCUT2D eigenvalue weighted by atomic mass is 9.85. The van der Waals surface area contributed by atoms with Crippen molar-refractivity contribution in [1.29, 1.82) is 0 Å². The normalized spacial score (nSPS) is 32.0. The minimum atomic E-state index is -0.239. The van der Waals surface area contributed by atoms with Crippen molar-refractivity contribution >= 4 is 34.0 Å². The van der Waals surface area contributed by atoms with Crippen LogP contribution in [-0.4, -0.2) is 37.3 Å². The molecule has 4 aliphatic rings. The molecular weight excluding hydrogens is 412 g/mol. The Morgan fingerprint density at radius 3 is 2.19 bits per heavy atom. The number of amides is 2. The fraction of sp³-hybridized carbons (Fsp3) is 0.450. The first-order valence-corrected chi connectivity index (χ1v) is 9.83. The Bertz CT molecular complexity index is 887. The number of halogens is 1. The zero-order valence-electron chi connectivity index (χ0n) is 15.0. The summed E-state index contributed by atoms with van der Waals surface area (Å²) in [4.78, 5) is 25.9. The van der Waals surface area contributed by atoms with Crippen molar-refractivity contribution in [3.8, 4) is 11.5 Å². The molecule has 1 spiro atoms. The molecule has 0 radical (unpaired) electrons. The molecule has 7 heteroatoms. The van der Waals surface area contributed by atoms with Gasteiger partial charge in [0, 0.05) is 11.6 Å². The second kappa shape index (κ2) is 5.67. The van der Waals surface area contributed by atoms with Crippen molar-refractivity contribution in [1.82, 2.24) is 5.01 Å². The fourth-order valence-corrected chi connectivity index (χ4v) is 5.80. The van der Waals surface area contributed by atoms with E-state index in [1.807, 2.05) is 0 Å². The summed E-state index contributed by atoms with van der Waals surface area (Å²) in [7, 11) is 3.12. The third kappa shape index (κ3) is 2.15. The van der Waals surface area contributed by atoms with Gasteiger partial charge in [0.1, 0.15) is 11.5 Å². The van der Waals surface area contributed by atoms with Crippen molar-refractivity contribution in [2.75, 3.05) is 14.2 Å². The zero-order valence-corrected chi connectivity index (χ0v) is 16.6. The average molecular weight is 431 g/mol. The maximum atomic E-state index is 12.9. The van der Waals surface area contributed by atoms with Gasteiger partial charge in [-0.2, -0.15) is 10.1 Å². The Kier molecular flexibility index (Phi) is 3.57. The number of benzene rings is 1. The number of carbonyl (C=O) groups is 2. The van der Waals surface area contributed by atoms with E-state index in [1.54, 1.807) is 26.4 Å². The van der Waals surface area contributed by atoms with E-state index in [2.05, 4.69) is 33.2 Å². The molecular formula is C20H19BrN2O4. The summed E-state index contributed by atoms with van der Waals surface area (Å²) in [5.74, 6) is 0.767. The van der Waals surface area contributed by atoms with E-state index in [9.17, 15) is 9.59 Å². The van der Waals surface area contributed by atoms with Crippen LogP contribution in [0.5, 0.6) is 11.5 Å². The van der Waals surface area contributed by atoms with Gasteiger partial charge in [-0.3, -0.25) is 9.59 Å². The number of hydrazone groups is 1. The molecule has 1 heterocycles. The first-order chi connectivity index (χ1) is 13.0. The molecule has 1 aromatic rings. The second-order valence-corrected chi connectivity index (χ2v) is 8.54. The van der Waals surface area contributed by atoms with Crippen LogP contribution in [0.15, 0.2) is 33.9 Å². The summed E-state index contributed by atoms with van der Waals surface area (Å²) >= 11 is 3.43. The van der Waals surface area contributed by atoms with Gasteiger partial charge in [-0.1, -0.05) is 12.2 Å². The molecule has 6 nitrogen and oxygen atoms in total. The van der Waals surface area contributed by atoms with Gasteiger partial charge in [0.15, 0.2) is 0 Å². The monoisotopic (exact) mass is 430 g/mol. The number of carbonyl (C=O) groups excluding carboxylic acids is 2. The lowest BCUT2D eigenvalue weighted by Crippen LogP contribution is -2.30. The van der Waals surface area contributed by atoms with Gasteiger partial charge < -0.3 is 9.47 Å². The highest BCUT2D eigenvalue weighted by molar-refractivity contribution is 9.10. The molecule has 3 aliphatic carbocycles. The van der Waals surface area contributed by atoms with Crippen LogP contribution >= 0.6 is 15.9 Å². The van der Waals surface area contributed by atoms with Crippen LogP contribution < -0.4 is 9.47 Å². The van der Waals surface area contributed by atoms with Gasteiger partial charge in [0.05, 0.1) is 36.7 Å². The molecule has 0 N–H and O–H groups in total. The number of methoxy groups -OCH3 is 2. The maximum Gasteiger partial charge on any atom is 0.254 e. The molecule has 1 saturated heterocycles. The molecule has 140 valence electrons. The van der Waals surface area contributed by atoms with Crippen molar-refractivity contribution in [3.63, 3.8) is 0 Å². The Labute approximate surface area is 165 Å². The quantitative estimate of drug-likeness (QED) is 0.418. The predicted octanol–water partition coefficient (Wildman–Crippen LogP) is 3.00. The van der Waals surface area contributed by atoms with E-state index >= 15 is 0 Å². The first kappa shape index (κ1) is 17.0. The smallest absolute Gasteiger partial charge is 0.254 e. The molecule has 2 amide bonds. The Morgan fingerprint density at radius 2 is 1.67 bits per heavy atom. The topological polar surface area (TPSA) is 68.2 Å². The Morgan fingerprint density at radius 1 is 1.07 bits per heavy atom. The van der Waals surface area contributed by atoms with Crippen LogP contribution in [0.4, 0.5) is 0 Å². The number of nitrogens with zero attached hydrogens (tertiary/aromatic N) is 2. The third-order valence-electron chi connectivity index (χ3n) is 6.65. The molecule has 1 aromatic carbocycles. The number of hydrogen-bond donors (Lipinski definition) is 0. The van der Waals surface area contributed by atoms with Crippen LogP contribution in [0.3, 0.4) is 0 Å². The van der Waals surface area contributed by atoms with Crippen molar-refractivity contribution in [3.05, 3.63) is 34.3 Å². The number of hydrogen-bond acceptors (Lipinski definition) is 5. The van der Waals surface area contributed by atoms with Crippen LogP contribution in [0.2, 0.25) is 0 Å². The van der Waals surface area contributed by atoms with Gasteiger partial charge in [-0.05, 0) is 52.1 Å². The number of allylic oxidation sites excluding steroid dienone is 2. The summed E-state index contributed by atoms with van der Waals surface area (Å²) in [6.45, 7) is 0. The fourth-order valence-electron chi connectivity index (χ4n) is 5.28. The summed E-state index contributed by atoms with van der Waals surface area (Å²) in [5.41, 5.74) is 0.850. The number of ether oxygens (including phenoxy) is 2. The van der Waals surface area contributed by atoms with E-state index in [-0.39, 0.29) is 40.9 Å². The van der Waals surface area contributed by atoms with Crippen LogP contribution in [0.25, 0.3) is 0 Å². The van der Waals surface area contributed by atoms with E-state index in [4.69, 9.17) is 9.47 Å². The highest BCUT2D eigenvalue weighted by Crippen LogP contribution is 2.73. The number of fused-ring (bicyclic) bond motifs is 3. The summed E-state index contributed by atoms with van der Waals surface area (Å²) in [6.07, 6.45) is 8.07. The van der Waals surface area contributed by atoms with E-state index in [0.717, 1.165) is 22.3 Å². The molecule has 0 unspecified atom stereocenters. The van der Waals surface area contributed by atoms with Gasteiger partial charge in [0.25, 0.3) is 11.8 Å². The average Bonchev–Trinajstić information content (AvgIpc) is 3.27. The minimum Gasteiger partial charge on any atom is -0.496 e. The second-order valence-electron chi connectivity index (χ2n) is 7.68. The van der Waals surface area contributed by atoms with Crippen LogP contribution in [0, 0.1) is 29.1 Å². The Balaban J connectivity index is 1.44. The highest BCUT2D eigenvalue weighted by Gasteiger charge is 2.73. The summed E-state index contributed by atoms with van der Waals surface area (Å²) < 4.78 is 11.4. The van der Waals surface area contributed by atoms with Crippen molar-refractivity contribution in [2.45, 2.75) is 12.8 Å². The first-order valence-electron chi connectivity index (χ1n) is 9.03. The largest absolute Gasteiger partial charge is 0.496 e. The molecule has 2 saturated carbocycles. The van der Waals surface area contributed by atoms with Gasteiger partial charge >= 0.3 is 0 Å².